The van der Waals surface area contributed by atoms with Crippen LogP contribution in [-0.4, -0.2) is 45.3 Å². The number of methoxy groups -OCH3 is 3. The van der Waals surface area contributed by atoms with Gasteiger partial charge in [-0.2, -0.15) is 0 Å². The second kappa shape index (κ2) is 14.9. The highest BCUT2D eigenvalue weighted by molar-refractivity contribution is 6.11. The fourth-order valence-electron chi connectivity index (χ4n) is 5.18. The summed E-state index contributed by atoms with van der Waals surface area (Å²) in [7, 11) is 4.66. The van der Waals surface area contributed by atoms with E-state index in [1.54, 1.807) is 32.4 Å². The minimum Gasteiger partial charge on any atom is -0.497 e. The van der Waals surface area contributed by atoms with Crippen LogP contribution in [0.2, 0.25) is 0 Å². The molecule has 222 valence electrons. The first-order valence-corrected chi connectivity index (χ1v) is 14.1. The largest absolute Gasteiger partial charge is 0.497 e. The second-order valence-electron chi connectivity index (χ2n) is 11.0. The Labute approximate surface area is 244 Å². The summed E-state index contributed by atoms with van der Waals surface area (Å²) in [4.78, 5) is 27.2. The third-order valence-electron chi connectivity index (χ3n) is 7.68. The van der Waals surface area contributed by atoms with Crippen molar-refractivity contribution < 1.29 is 33.3 Å². The van der Waals surface area contributed by atoms with E-state index in [1.165, 1.54) is 18.3 Å². The minimum absolute atomic E-state index is 0.187. The number of carbonyl (C=O) groups is 2. The van der Waals surface area contributed by atoms with Gasteiger partial charge < -0.3 is 23.7 Å². The van der Waals surface area contributed by atoms with Crippen LogP contribution in [0.3, 0.4) is 0 Å². The quantitative estimate of drug-likeness (QED) is 0.0985. The van der Waals surface area contributed by atoms with Crippen molar-refractivity contribution in [3.05, 3.63) is 76.9 Å². The van der Waals surface area contributed by atoms with Crippen molar-refractivity contribution in [2.75, 3.05) is 27.9 Å². The van der Waals surface area contributed by atoms with Crippen molar-refractivity contribution in [1.82, 2.24) is 0 Å². The van der Waals surface area contributed by atoms with E-state index in [0.29, 0.717) is 30.1 Å². The maximum absolute atomic E-state index is 13.9. The van der Waals surface area contributed by atoms with Crippen LogP contribution in [-0.2, 0) is 20.9 Å². The number of carbonyl (C=O) groups excluding carboxylic acids is 2. The molecule has 3 rings (SSSR count). The van der Waals surface area contributed by atoms with Crippen LogP contribution in [0.1, 0.15) is 69.3 Å². The molecule has 7 heteroatoms. The molecule has 0 unspecified atom stereocenters. The van der Waals surface area contributed by atoms with Crippen LogP contribution < -0.4 is 14.2 Å². The lowest BCUT2D eigenvalue weighted by Crippen LogP contribution is -2.39. The lowest BCUT2D eigenvalue weighted by atomic mass is 9.76. The van der Waals surface area contributed by atoms with Gasteiger partial charge in [0.2, 0.25) is 0 Å². The summed E-state index contributed by atoms with van der Waals surface area (Å²) in [6, 6.07) is 12.6. The molecule has 2 aromatic carbocycles. The van der Waals surface area contributed by atoms with Gasteiger partial charge in [0, 0.05) is 12.0 Å². The Morgan fingerprint density at radius 1 is 0.927 bits per heavy atom. The molecule has 1 fully saturated rings. The molecular formula is C34H44O7. The maximum atomic E-state index is 13.9. The van der Waals surface area contributed by atoms with E-state index < -0.39 is 23.4 Å². The molecule has 0 spiro atoms. The van der Waals surface area contributed by atoms with E-state index >= 15 is 0 Å². The van der Waals surface area contributed by atoms with Gasteiger partial charge in [0.05, 0.1) is 40.1 Å². The van der Waals surface area contributed by atoms with Crippen molar-refractivity contribution in [2.24, 2.45) is 11.8 Å². The molecule has 0 bridgehead atoms. The Hall–Kier alpha value is -3.58. The molecule has 0 amide bonds. The van der Waals surface area contributed by atoms with Crippen LogP contribution in [0.25, 0.3) is 0 Å². The first-order chi connectivity index (χ1) is 19.6. The molecule has 1 saturated heterocycles. The van der Waals surface area contributed by atoms with Crippen molar-refractivity contribution in [3.8, 4) is 17.2 Å². The molecule has 0 aliphatic carbocycles. The zero-order valence-electron chi connectivity index (χ0n) is 25.5. The van der Waals surface area contributed by atoms with Gasteiger partial charge in [0.25, 0.3) is 0 Å². The average Bonchev–Trinajstić information content (AvgIpc) is 3.21. The third-order valence-corrected chi connectivity index (χ3v) is 7.68. The molecule has 2 aromatic rings. The molecule has 1 aliphatic rings. The average molecular weight is 565 g/mol. The molecule has 0 radical (unpaired) electrons. The number of rotatable bonds is 15. The zero-order chi connectivity index (χ0) is 30.0. The zero-order valence-corrected chi connectivity index (χ0v) is 25.5. The number of ketones is 1. The highest BCUT2D eigenvalue weighted by atomic mass is 16.6. The summed E-state index contributed by atoms with van der Waals surface area (Å²) in [5.74, 6) is -0.693. The first kappa shape index (κ1) is 31.9. The van der Waals surface area contributed by atoms with Crippen LogP contribution in [0.15, 0.2) is 65.8 Å². The number of benzene rings is 2. The Morgan fingerprint density at radius 3 is 2.24 bits per heavy atom. The number of esters is 1. The Bertz CT molecular complexity index is 1240. The van der Waals surface area contributed by atoms with Gasteiger partial charge in [-0.15, -0.1) is 0 Å². The van der Waals surface area contributed by atoms with Gasteiger partial charge in [-0.25, -0.2) is 0 Å². The fraction of sp³-hybridized carbons (Fsp3) is 0.471. The molecule has 0 saturated carbocycles. The lowest BCUT2D eigenvalue weighted by molar-refractivity contribution is -0.150. The van der Waals surface area contributed by atoms with Crippen molar-refractivity contribution in [3.63, 3.8) is 0 Å². The standard InChI is InChI=1S/C34H44O7/c1-23(2)10-8-11-24(3)12-9-19-34(4)29(22-40-21-25-13-15-26(37-5)16-14-25)31(33(36)41-34)32(35)28-18-17-27(38-6)20-30(28)39-7/h10,12-18,20,29,31H,8-9,11,19,21-22H2,1-7H3/b24-12+/t29-,31+,34-/m1/s1. The number of cyclic esters (lactones) is 1. The summed E-state index contributed by atoms with van der Waals surface area (Å²) in [6.45, 7) is 8.76. The molecule has 1 heterocycles. The van der Waals surface area contributed by atoms with Crippen molar-refractivity contribution >= 4 is 11.8 Å². The van der Waals surface area contributed by atoms with Crippen LogP contribution in [0.4, 0.5) is 0 Å². The lowest BCUT2D eigenvalue weighted by Gasteiger charge is -2.30. The Balaban J connectivity index is 1.82. The summed E-state index contributed by atoms with van der Waals surface area (Å²) in [6.07, 6.45) is 7.73. The molecule has 41 heavy (non-hydrogen) atoms. The summed E-state index contributed by atoms with van der Waals surface area (Å²) in [5, 5.41) is 0. The minimum atomic E-state index is -1.01. The molecule has 0 N–H and O–H groups in total. The third kappa shape index (κ3) is 8.46. The van der Waals surface area contributed by atoms with E-state index in [2.05, 4.69) is 32.9 Å². The number of allylic oxidation sites excluding steroid dienone is 4. The predicted molar refractivity (Wildman–Crippen MR) is 160 cm³/mol. The van der Waals surface area contributed by atoms with Crippen molar-refractivity contribution in [2.45, 2.75) is 65.6 Å². The number of hydrogen-bond donors (Lipinski definition) is 0. The first-order valence-electron chi connectivity index (χ1n) is 14.1. The van der Waals surface area contributed by atoms with Crippen LogP contribution >= 0.6 is 0 Å². The highest BCUT2D eigenvalue weighted by Crippen LogP contribution is 2.43. The van der Waals surface area contributed by atoms with Gasteiger partial charge in [-0.1, -0.05) is 35.4 Å². The van der Waals surface area contributed by atoms with Gasteiger partial charge in [-0.3, -0.25) is 9.59 Å². The Morgan fingerprint density at radius 2 is 1.61 bits per heavy atom. The van der Waals surface area contributed by atoms with E-state index in [4.69, 9.17) is 23.7 Å². The monoisotopic (exact) mass is 564 g/mol. The molecule has 3 atom stereocenters. The van der Waals surface area contributed by atoms with Crippen LogP contribution in [0.5, 0.6) is 17.2 Å². The molecule has 7 nitrogen and oxygen atoms in total. The molecule has 0 aromatic heterocycles. The van der Waals surface area contributed by atoms with E-state index in [0.717, 1.165) is 30.6 Å². The summed E-state index contributed by atoms with van der Waals surface area (Å²) in [5.41, 5.74) is 3.01. The van der Waals surface area contributed by atoms with Gasteiger partial charge in [0.15, 0.2) is 5.78 Å². The number of Topliss-reactive ketones (excluding diaryl/α,β-unsaturated/α-hetero) is 1. The molecule has 1 aliphatic heterocycles. The second-order valence-corrected chi connectivity index (χ2v) is 11.0. The van der Waals surface area contributed by atoms with Gasteiger partial charge >= 0.3 is 5.97 Å². The van der Waals surface area contributed by atoms with Gasteiger partial charge in [0.1, 0.15) is 28.8 Å². The SMILES string of the molecule is COc1ccc(COC[C@@H]2[C@@H](C(=O)c3ccc(OC)cc3OC)C(=O)O[C@]2(C)CC/C=C(\C)CCC=C(C)C)cc1. The predicted octanol–water partition coefficient (Wildman–Crippen LogP) is 7.13. The van der Waals surface area contributed by atoms with E-state index in [9.17, 15) is 9.59 Å². The molecular weight excluding hydrogens is 520 g/mol. The fourth-order valence-corrected chi connectivity index (χ4v) is 5.18. The van der Waals surface area contributed by atoms with Crippen LogP contribution in [0, 0.1) is 11.8 Å². The smallest absolute Gasteiger partial charge is 0.317 e. The van der Waals surface area contributed by atoms with Crippen molar-refractivity contribution in [1.29, 1.82) is 0 Å². The number of hydrogen-bond acceptors (Lipinski definition) is 7. The van der Waals surface area contributed by atoms with Gasteiger partial charge in [-0.05, 0) is 83.2 Å². The summed E-state index contributed by atoms with van der Waals surface area (Å²) < 4.78 is 28.1. The van der Waals surface area contributed by atoms with E-state index in [-0.39, 0.29) is 12.4 Å². The Kier molecular flexibility index (Phi) is 11.6. The van der Waals surface area contributed by atoms with E-state index in [1.807, 2.05) is 31.2 Å². The normalized spacial score (nSPS) is 20.4. The highest BCUT2D eigenvalue weighted by Gasteiger charge is 2.55. The summed E-state index contributed by atoms with van der Waals surface area (Å²) >= 11 is 0. The topological polar surface area (TPSA) is 80.3 Å². The maximum Gasteiger partial charge on any atom is 0.317 e. The number of ether oxygens (including phenoxy) is 5.